The van der Waals surface area contributed by atoms with Gasteiger partial charge in [-0.3, -0.25) is 9.78 Å². The number of aliphatic hydroxyl groups is 1. The molecule has 33 heavy (non-hydrogen) atoms. The van der Waals surface area contributed by atoms with E-state index in [1.807, 2.05) is 42.2 Å². The summed E-state index contributed by atoms with van der Waals surface area (Å²) in [5, 5.41) is 11.2. The van der Waals surface area contributed by atoms with Gasteiger partial charge in [-0.1, -0.05) is 35.9 Å². The molecular formula is C27H30ClN3O2. The normalized spacial score (nSPS) is 18.8. The van der Waals surface area contributed by atoms with Gasteiger partial charge in [-0.25, -0.2) is 4.98 Å². The Balaban J connectivity index is 1.33. The van der Waals surface area contributed by atoms with Crippen molar-refractivity contribution in [1.82, 2.24) is 14.9 Å². The minimum Gasteiger partial charge on any atom is -0.388 e. The van der Waals surface area contributed by atoms with Crippen LogP contribution in [0.25, 0.3) is 0 Å². The van der Waals surface area contributed by atoms with Gasteiger partial charge < -0.3 is 10.0 Å². The number of carbonyl (C=O) groups is 1. The highest BCUT2D eigenvalue weighted by molar-refractivity contribution is 6.29. The molecule has 0 bridgehead atoms. The first kappa shape index (κ1) is 23.4. The van der Waals surface area contributed by atoms with E-state index in [0.29, 0.717) is 29.7 Å². The Morgan fingerprint density at radius 1 is 1.12 bits per heavy atom. The molecular weight excluding hydrogens is 434 g/mol. The van der Waals surface area contributed by atoms with Crippen LogP contribution in [0.2, 0.25) is 5.15 Å². The van der Waals surface area contributed by atoms with Crippen molar-refractivity contribution in [3.05, 3.63) is 94.5 Å². The highest BCUT2D eigenvalue weighted by Crippen LogP contribution is 2.40. The van der Waals surface area contributed by atoms with Gasteiger partial charge in [-0.2, -0.15) is 0 Å². The van der Waals surface area contributed by atoms with E-state index in [2.05, 4.69) is 22.1 Å². The van der Waals surface area contributed by atoms with Crippen LogP contribution in [-0.4, -0.2) is 32.4 Å². The van der Waals surface area contributed by atoms with Crippen molar-refractivity contribution in [2.45, 2.75) is 45.3 Å². The van der Waals surface area contributed by atoms with Crippen LogP contribution in [0.15, 0.2) is 67.1 Å². The molecule has 1 aromatic carbocycles. The molecule has 0 spiro atoms. The van der Waals surface area contributed by atoms with Gasteiger partial charge in [-0.05, 0) is 85.4 Å². The van der Waals surface area contributed by atoms with E-state index in [0.717, 1.165) is 36.8 Å². The fraction of sp³-hybridized carbons (Fsp3) is 0.370. The fourth-order valence-corrected chi connectivity index (χ4v) is 4.87. The number of pyridine rings is 2. The molecule has 1 aliphatic carbocycles. The molecule has 4 rings (SSSR count). The van der Waals surface area contributed by atoms with Crippen LogP contribution in [0.3, 0.4) is 0 Å². The second-order valence-corrected chi connectivity index (χ2v) is 9.27. The van der Waals surface area contributed by atoms with Crippen molar-refractivity contribution in [1.29, 1.82) is 0 Å². The zero-order valence-electron chi connectivity index (χ0n) is 18.9. The molecule has 1 amide bonds. The average Bonchev–Trinajstić information content (AvgIpc) is 3.32. The molecule has 0 radical (unpaired) electrons. The molecule has 1 N–H and O–H groups in total. The number of halogens is 1. The van der Waals surface area contributed by atoms with Gasteiger partial charge in [0.1, 0.15) is 5.15 Å². The summed E-state index contributed by atoms with van der Waals surface area (Å²) in [4.78, 5) is 23.0. The number of aromatic nitrogens is 2. The lowest BCUT2D eigenvalue weighted by Crippen LogP contribution is -2.30. The molecule has 0 aliphatic heterocycles. The fourth-order valence-electron chi connectivity index (χ4n) is 4.76. The molecule has 3 aromatic rings. The quantitative estimate of drug-likeness (QED) is 0.449. The Morgan fingerprint density at radius 3 is 2.61 bits per heavy atom. The van der Waals surface area contributed by atoms with Crippen molar-refractivity contribution >= 4 is 17.5 Å². The standard InChI is InChI=1S/C27H30ClN3O2/c1-2-31(18-21-4-3-13-29-16-21)27(33)22-8-5-19(6-9-22)14-20-7-10-23(15-20)26(32)24-11-12-25(28)30-17-24/h3-6,8-9,11-13,16-17,20,23,26,32H,2,7,10,14-15,18H2,1H3/t20-,23-,26-/m0/s1. The molecule has 2 heterocycles. The SMILES string of the molecule is CCN(Cc1cccnc1)C(=O)c1ccc(C[C@@H]2CC[C@H]([C@H](O)c3ccc(Cl)nc3)C2)cc1. The van der Waals surface area contributed by atoms with Gasteiger partial charge in [0.25, 0.3) is 5.91 Å². The van der Waals surface area contributed by atoms with E-state index in [1.165, 1.54) is 5.56 Å². The van der Waals surface area contributed by atoms with Crippen molar-refractivity contribution < 1.29 is 9.90 Å². The highest BCUT2D eigenvalue weighted by Gasteiger charge is 2.31. The smallest absolute Gasteiger partial charge is 0.254 e. The van der Waals surface area contributed by atoms with Crippen molar-refractivity contribution in [2.24, 2.45) is 11.8 Å². The van der Waals surface area contributed by atoms with Crippen molar-refractivity contribution in [2.75, 3.05) is 6.54 Å². The molecule has 6 heteroatoms. The highest BCUT2D eigenvalue weighted by atomic mass is 35.5. The summed E-state index contributed by atoms with van der Waals surface area (Å²) in [5.74, 6) is 0.808. The van der Waals surface area contributed by atoms with Crippen LogP contribution in [0.5, 0.6) is 0 Å². The maximum atomic E-state index is 13.0. The number of nitrogens with zero attached hydrogens (tertiary/aromatic N) is 3. The van der Waals surface area contributed by atoms with Gasteiger partial charge in [0, 0.05) is 37.2 Å². The first-order valence-corrected chi connectivity index (χ1v) is 12.0. The number of aliphatic hydroxyl groups excluding tert-OH is 1. The first-order chi connectivity index (χ1) is 16.0. The van der Waals surface area contributed by atoms with E-state index in [1.54, 1.807) is 24.7 Å². The first-order valence-electron chi connectivity index (χ1n) is 11.6. The summed E-state index contributed by atoms with van der Waals surface area (Å²) in [6.45, 7) is 3.19. The second-order valence-electron chi connectivity index (χ2n) is 8.88. The summed E-state index contributed by atoms with van der Waals surface area (Å²) in [5.41, 5.74) is 3.80. The van der Waals surface area contributed by atoms with Gasteiger partial charge in [0.05, 0.1) is 6.10 Å². The van der Waals surface area contributed by atoms with Crippen molar-refractivity contribution in [3.63, 3.8) is 0 Å². The molecule has 1 saturated carbocycles. The number of carbonyl (C=O) groups excluding carboxylic acids is 1. The maximum absolute atomic E-state index is 13.0. The molecule has 172 valence electrons. The predicted octanol–water partition coefficient (Wildman–Crippen LogP) is 5.48. The summed E-state index contributed by atoms with van der Waals surface area (Å²) >= 11 is 5.86. The zero-order valence-corrected chi connectivity index (χ0v) is 19.7. The van der Waals surface area contributed by atoms with Crippen LogP contribution in [-0.2, 0) is 13.0 Å². The predicted molar refractivity (Wildman–Crippen MR) is 130 cm³/mol. The van der Waals surface area contributed by atoms with Gasteiger partial charge >= 0.3 is 0 Å². The minimum atomic E-state index is -0.500. The Hall–Kier alpha value is -2.76. The largest absolute Gasteiger partial charge is 0.388 e. The number of benzene rings is 1. The number of rotatable bonds is 8. The van der Waals surface area contributed by atoms with E-state index in [-0.39, 0.29) is 11.8 Å². The van der Waals surface area contributed by atoms with Crippen LogP contribution < -0.4 is 0 Å². The minimum absolute atomic E-state index is 0.0357. The lowest BCUT2D eigenvalue weighted by molar-refractivity contribution is 0.0752. The maximum Gasteiger partial charge on any atom is 0.254 e. The lowest BCUT2D eigenvalue weighted by atomic mass is 9.92. The van der Waals surface area contributed by atoms with Gasteiger partial charge in [-0.15, -0.1) is 0 Å². The molecule has 5 nitrogen and oxygen atoms in total. The third kappa shape index (κ3) is 5.98. The summed E-state index contributed by atoms with van der Waals surface area (Å²) in [6.07, 6.45) is 8.76. The van der Waals surface area contributed by atoms with E-state index < -0.39 is 6.10 Å². The monoisotopic (exact) mass is 463 g/mol. The molecule has 1 aliphatic rings. The van der Waals surface area contributed by atoms with Crippen molar-refractivity contribution in [3.8, 4) is 0 Å². The van der Waals surface area contributed by atoms with Crippen LogP contribution in [0.1, 0.15) is 59.3 Å². The van der Waals surface area contributed by atoms with E-state index in [4.69, 9.17) is 11.6 Å². The Morgan fingerprint density at radius 2 is 1.94 bits per heavy atom. The lowest BCUT2D eigenvalue weighted by Gasteiger charge is -2.21. The van der Waals surface area contributed by atoms with Gasteiger partial charge in [0.2, 0.25) is 0 Å². The van der Waals surface area contributed by atoms with E-state index >= 15 is 0 Å². The van der Waals surface area contributed by atoms with Gasteiger partial charge in [0.15, 0.2) is 0 Å². The molecule has 3 atom stereocenters. The Bertz CT molecular complexity index is 1040. The summed E-state index contributed by atoms with van der Waals surface area (Å²) in [7, 11) is 0. The molecule has 0 saturated heterocycles. The Labute approximate surface area is 200 Å². The third-order valence-corrected chi connectivity index (χ3v) is 6.83. The van der Waals surface area contributed by atoms with Crippen LogP contribution >= 0.6 is 11.6 Å². The number of hydrogen-bond donors (Lipinski definition) is 1. The Kier molecular flexibility index (Phi) is 7.73. The van der Waals surface area contributed by atoms with Crippen LogP contribution in [0, 0.1) is 11.8 Å². The molecule has 0 unspecified atom stereocenters. The van der Waals surface area contributed by atoms with Crippen LogP contribution in [0.4, 0.5) is 0 Å². The average molecular weight is 464 g/mol. The summed E-state index contributed by atoms with van der Waals surface area (Å²) in [6, 6.07) is 15.5. The van der Waals surface area contributed by atoms with E-state index in [9.17, 15) is 9.90 Å². The summed E-state index contributed by atoms with van der Waals surface area (Å²) < 4.78 is 0. The molecule has 1 fully saturated rings. The second kappa shape index (κ2) is 10.9. The topological polar surface area (TPSA) is 66.3 Å². The number of amides is 1. The molecule has 2 aromatic heterocycles. The third-order valence-electron chi connectivity index (χ3n) is 6.61. The number of hydrogen-bond acceptors (Lipinski definition) is 4. The zero-order chi connectivity index (χ0) is 23.2.